The molecule has 0 bridgehead atoms. The normalized spacial score (nSPS) is 19.6. The molecular weight excluding hydrogens is 556 g/mol. The summed E-state index contributed by atoms with van der Waals surface area (Å²) in [5, 5.41) is 17.4. The highest BCUT2D eigenvalue weighted by atomic mass is 32.2. The molecule has 1 saturated heterocycles. The summed E-state index contributed by atoms with van der Waals surface area (Å²) in [4.78, 5) is 48.1. The largest absolute Gasteiger partial charge is 0.477 e. The SMILES string of the molecule is CNS(=O)(=O)c1cc(C)cc(CC2=C(C(=O)O)N3C(=O)C(NC(=O)C(=NOC)c4csc(N)n4)C3SC2)c1. The molecule has 5 N–H and O–H groups in total. The van der Waals surface area contributed by atoms with Crippen LogP contribution in [0.3, 0.4) is 0 Å². The molecule has 3 heterocycles. The lowest BCUT2D eigenvalue weighted by molar-refractivity contribution is -0.150. The van der Waals surface area contributed by atoms with E-state index in [1.807, 2.05) is 0 Å². The second-order valence-electron chi connectivity index (χ2n) is 8.35. The number of anilines is 1. The minimum atomic E-state index is -3.70. The summed E-state index contributed by atoms with van der Waals surface area (Å²) in [6.07, 6.45) is 0.131. The van der Waals surface area contributed by atoms with Crippen LogP contribution in [-0.4, -0.2) is 78.2 Å². The Morgan fingerprint density at radius 3 is 2.68 bits per heavy atom. The van der Waals surface area contributed by atoms with Crippen molar-refractivity contribution >= 4 is 61.7 Å². The van der Waals surface area contributed by atoms with Crippen molar-refractivity contribution in [1.29, 1.82) is 0 Å². The number of nitrogens with two attached hydrogens (primary N) is 1. The van der Waals surface area contributed by atoms with Gasteiger partial charge in [-0.05, 0) is 49.2 Å². The van der Waals surface area contributed by atoms with Gasteiger partial charge in [0.25, 0.3) is 11.8 Å². The van der Waals surface area contributed by atoms with Crippen LogP contribution in [0.15, 0.2) is 44.9 Å². The summed E-state index contributed by atoms with van der Waals surface area (Å²) >= 11 is 2.40. The fourth-order valence-corrected chi connectivity index (χ4v) is 6.94. The van der Waals surface area contributed by atoms with Crippen molar-refractivity contribution in [2.45, 2.75) is 29.7 Å². The number of oxime groups is 1. The minimum absolute atomic E-state index is 0.0620. The molecule has 0 radical (unpaired) electrons. The van der Waals surface area contributed by atoms with E-state index in [0.29, 0.717) is 16.7 Å². The lowest BCUT2D eigenvalue weighted by Crippen LogP contribution is -2.71. The third kappa shape index (κ3) is 5.24. The number of rotatable bonds is 9. The van der Waals surface area contributed by atoms with E-state index >= 15 is 0 Å². The molecule has 38 heavy (non-hydrogen) atoms. The van der Waals surface area contributed by atoms with E-state index < -0.39 is 39.2 Å². The van der Waals surface area contributed by atoms with Gasteiger partial charge in [-0.1, -0.05) is 11.2 Å². The number of nitrogens with one attached hydrogen (secondary N) is 2. The molecular formula is C22H24N6O7S3. The maximum Gasteiger partial charge on any atom is 0.352 e. The van der Waals surface area contributed by atoms with Gasteiger partial charge >= 0.3 is 5.97 Å². The Balaban J connectivity index is 1.57. The van der Waals surface area contributed by atoms with Gasteiger partial charge in [0.05, 0.1) is 4.90 Å². The van der Waals surface area contributed by atoms with Gasteiger partial charge in [-0.25, -0.2) is 22.9 Å². The maximum absolute atomic E-state index is 13.1. The van der Waals surface area contributed by atoms with Gasteiger partial charge in [-0.2, -0.15) is 0 Å². The van der Waals surface area contributed by atoms with E-state index in [9.17, 15) is 27.9 Å². The van der Waals surface area contributed by atoms with Gasteiger partial charge < -0.3 is 21.0 Å². The summed E-state index contributed by atoms with van der Waals surface area (Å²) in [6.45, 7) is 1.74. The first-order valence-electron chi connectivity index (χ1n) is 11.0. The number of amides is 2. The number of nitrogens with zero attached hydrogens (tertiary/aromatic N) is 3. The van der Waals surface area contributed by atoms with Crippen LogP contribution in [0.25, 0.3) is 0 Å². The number of aliphatic carboxylic acids is 1. The number of carboxylic acids is 1. The number of aromatic nitrogens is 1. The van der Waals surface area contributed by atoms with Crippen LogP contribution in [0.2, 0.25) is 0 Å². The lowest BCUT2D eigenvalue weighted by atomic mass is 9.98. The van der Waals surface area contributed by atoms with Gasteiger partial charge in [-0.15, -0.1) is 23.1 Å². The minimum Gasteiger partial charge on any atom is -0.477 e. The number of hydrogen-bond acceptors (Lipinski definition) is 11. The Hall–Kier alpha value is -3.47. The van der Waals surface area contributed by atoms with Crippen LogP contribution < -0.4 is 15.8 Å². The molecule has 202 valence electrons. The van der Waals surface area contributed by atoms with Crippen LogP contribution >= 0.6 is 23.1 Å². The van der Waals surface area contributed by atoms with E-state index in [0.717, 1.165) is 16.2 Å². The molecule has 0 spiro atoms. The standard InChI is InChI=1S/C22H24N6O7S3/c1-10-4-11(7-13(5-10)38(33,34)24-2)6-12-8-36-20-16(19(30)28(20)17(12)21(31)32)26-18(29)15(27-35-3)14-9-37-22(23)25-14/h4-5,7,9,16,20,24H,6,8H2,1-3H3,(H2,23,25)(H,26,29)(H,31,32). The molecule has 2 aromatic rings. The zero-order valence-electron chi connectivity index (χ0n) is 20.4. The Kier molecular flexibility index (Phi) is 7.78. The number of carboxylic acid groups (broad SMARTS) is 1. The van der Waals surface area contributed by atoms with E-state index in [4.69, 9.17) is 10.6 Å². The number of thiazole rings is 1. The Morgan fingerprint density at radius 2 is 2.08 bits per heavy atom. The monoisotopic (exact) mass is 580 g/mol. The van der Waals surface area contributed by atoms with Crippen molar-refractivity contribution in [3.8, 4) is 0 Å². The second kappa shape index (κ2) is 10.7. The van der Waals surface area contributed by atoms with Gasteiger partial charge in [0, 0.05) is 11.1 Å². The predicted molar refractivity (Wildman–Crippen MR) is 141 cm³/mol. The summed E-state index contributed by atoms with van der Waals surface area (Å²) in [6, 6.07) is 3.76. The fourth-order valence-electron chi connectivity index (χ4n) is 4.17. The zero-order valence-corrected chi connectivity index (χ0v) is 22.9. The molecule has 0 aliphatic carbocycles. The third-order valence-electron chi connectivity index (χ3n) is 5.81. The molecule has 2 aliphatic rings. The first-order chi connectivity index (χ1) is 18.0. The fraction of sp³-hybridized carbons (Fsp3) is 0.318. The Labute approximate surface area is 226 Å². The Bertz CT molecular complexity index is 1480. The lowest BCUT2D eigenvalue weighted by Gasteiger charge is -2.49. The van der Waals surface area contributed by atoms with E-state index in [2.05, 4.69) is 20.2 Å². The van der Waals surface area contributed by atoms with Crippen LogP contribution in [0.5, 0.6) is 0 Å². The number of nitrogen functional groups attached to an aromatic ring is 1. The third-order valence-corrected chi connectivity index (χ3v) is 9.21. The average molecular weight is 581 g/mol. The molecule has 2 unspecified atom stereocenters. The molecule has 4 rings (SSSR count). The van der Waals surface area contributed by atoms with E-state index in [1.54, 1.807) is 13.0 Å². The number of carbonyl (C=O) groups excluding carboxylic acids is 2. The van der Waals surface area contributed by atoms with E-state index in [-0.39, 0.29) is 39.3 Å². The number of fused-ring (bicyclic) bond motifs is 1. The number of benzene rings is 1. The van der Waals surface area contributed by atoms with Crippen molar-refractivity contribution in [2.24, 2.45) is 5.16 Å². The number of aryl methyl sites for hydroxylation is 1. The highest BCUT2D eigenvalue weighted by molar-refractivity contribution is 8.00. The summed E-state index contributed by atoms with van der Waals surface area (Å²) in [7, 11) is -1.14. The quantitative estimate of drug-likeness (QED) is 0.182. The summed E-state index contributed by atoms with van der Waals surface area (Å²) in [5.41, 5.74) is 7.20. The summed E-state index contributed by atoms with van der Waals surface area (Å²) in [5.74, 6) is -2.35. The Morgan fingerprint density at radius 1 is 1.34 bits per heavy atom. The molecule has 2 atom stereocenters. The van der Waals surface area contributed by atoms with Gasteiger partial charge in [0.2, 0.25) is 10.0 Å². The van der Waals surface area contributed by atoms with Crippen molar-refractivity contribution < 1.29 is 32.7 Å². The number of β-lactam (4-membered cyclic amide) rings is 1. The van der Waals surface area contributed by atoms with Crippen LogP contribution in [-0.2, 0) is 35.7 Å². The van der Waals surface area contributed by atoms with Crippen LogP contribution in [0.1, 0.15) is 16.8 Å². The number of thioether (sulfide) groups is 1. The molecule has 1 fully saturated rings. The van der Waals surface area contributed by atoms with Crippen molar-refractivity contribution in [3.63, 3.8) is 0 Å². The number of sulfonamides is 1. The van der Waals surface area contributed by atoms with Gasteiger partial charge in [0.1, 0.15) is 29.9 Å². The molecule has 2 aliphatic heterocycles. The van der Waals surface area contributed by atoms with Crippen LogP contribution in [0.4, 0.5) is 5.13 Å². The smallest absolute Gasteiger partial charge is 0.352 e. The molecule has 1 aromatic heterocycles. The molecule has 1 aromatic carbocycles. The molecule has 2 amide bonds. The average Bonchev–Trinajstić information content (AvgIpc) is 3.30. The summed E-state index contributed by atoms with van der Waals surface area (Å²) < 4.78 is 26.8. The number of hydrogen-bond donors (Lipinski definition) is 4. The maximum atomic E-state index is 13.1. The van der Waals surface area contributed by atoms with Crippen molar-refractivity contribution in [3.05, 3.63) is 51.7 Å². The van der Waals surface area contributed by atoms with Crippen molar-refractivity contribution in [2.75, 3.05) is 25.6 Å². The second-order valence-corrected chi connectivity index (χ2v) is 12.2. The molecule has 0 saturated carbocycles. The first-order valence-corrected chi connectivity index (χ1v) is 14.5. The van der Waals surface area contributed by atoms with Crippen LogP contribution in [0, 0.1) is 6.92 Å². The zero-order chi connectivity index (χ0) is 27.8. The number of carbonyl (C=O) groups is 3. The highest BCUT2D eigenvalue weighted by Gasteiger charge is 2.54. The van der Waals surface area contributed by atoms with Gasteiger partial charge in [-0.3, -0.25) is 14.5 Å². The van der Waals surface area contributed by atoms with Gasteiger partial charge in [0.15, 0.2) is 10.8 Å². The van der Waals surface area contributed by atoms with E-state index in [1.165, 1.54) is 43.4 Å². The van der Waals surface area contributed by atoms with Crippen molar-refractivity contribution in [1.82, 2.24) is 19.9 Å². The molecule has 16 heteroatoms. The first kappa shape index (κ1) is 27.6. The predicted octanol–water partition coefficient (Wildman–Crippen LogP) is 0.274. The molecule has 13 nitrogen and oxygen atoms in total. The highest BCUT2D eigenvalue weighted by Crippen LogP contribution is 2.41. The topological polar surface area (TPSA) is 193 Å².